The van der Waals surface area contributed by atoms with E-state index in [1.165, 1.54) is 7.11 Å². The van der Waals surface area contributed by atoms with Gasteiger partial charge in [0, 0.05) is 24.7 Å². The van der Waals surface area contributed by atoms with E-state index in [1.54, 1.807) is 6.08 Å². The molecule has 0 spiro atoms. The largest absolute Gasteiger partial charge is 0.469 e. The summed E-state index contributed by atoms with van der Waals surface area (Å²) in [5.74, 6) is -1.72. The first-order chi connectivity index (χ1) is 8.06. The third kappa shape index (κ3) is 1.92. The van der Waals surface area contributed by atoms with Crippen LogP contribution in [0.5, 0.6) is 0 Å². The van der Waals surface area contributed by atoms with Gasteiger partial charge in [0.05, 0.1) is 13.0 Å². The quantitative estimate of drug-likeness (QED) is 0.506. The van der Waals surface area contributed by atoms with Crippen LogP contribution in [0.15, 0.2) is 12.2 Å². The molecule has 2 rings (SSSR count). The predicted molar refractivity (Wildman–Crippen MR) is 60.0 cm³/mol. The van der Waals surface area contributed by atoms with Gasteiger partial charge in [-0.25, -0.2) is 0 Å². The number of fused-ring (bicyclic) bond motifs is 1. The number of esters is 1. The SMILES string of the molecule is COC(=O)[C@@H]1C=C[C@H](C)[C@@H]2C(=O)CCC(=O)[C@@H]21. The van der Waals surface area contributed by atoms with Gasteiger partial charge in [0.15, 0.2) is 0 Å². The van der Waals surface area contributed by atoms with E-state index < -0.39 is 17.8 Å². The maximum absolute atomic E-state index is 12.0. The maximum atomic E-state index is 12.0. The molecule has 0 heterocycles. The second-order valence-corrected chi connectivity index (χ2v) is 4.78. The zero-order valence-electron chi connectivity index (χ0n) is 10.0. The fraction of sp³-hybridized carbons (Fsp3) is 0.615. The standard InChI is InChI=1S/C13H16O4/c1-7-3-4-8(13(16)17-2)12-10(15)6-5-9(14)11(7)12/h3-4,7-8,11-12H,5-6H2,1-2H3/t7-,8+,11+,12-/m0/s1. The van der Waals surface area contributed by atoms with Crippen LogP contribution in [0.25, 0.3) is 0 Å². The Labute approximate surface area is 100 Å². The fourth-order valence-electron chi connectivity index (χ4n) is 2.92. The van der Waals surface area contributed by atoms with Crippen molar-refractivity contribution in [3.05, 3.63) is 12.2 Å². The first-order valence-electron chi connectivity index (χ1n) is 5.88. The molecule has 0 unspecified atom stereocenters. The number of carbonyl (C=O) groups excluding carboxylic acids is 3. The van der Waals surface area contributed by atoms with Crippen molar-refractivity contribution < 1.29 is 19.1 Å². The lowest BCUT2D eigenvalue weighted by molar-refractivity contribution is -0.153. The molecule has 1 saturated carbocycles. The molecule has 4 atom stereocenters. The van der Waals surface area contributed by atoms with E-state index in [0.29, 0.717) is 6.42 Å². The Morgan fingerprint density at radius 3 is 2.35 bits per heavy atom. The number of ketones is 2. The normalized spacial score (nSPS) is 36.6. The molecule has 0 aliphatic heterocycles. The lowest BCUT2D eigenvalue weighted by atomic mass is 9.63. The Balaban J connectivity index is 2.37. The number of methoxy groups -OCH3 is 1. The van der Waals surface area contributed by atoms with Crippen LogP contribution in [-0.4, -0.2) is 24.6 Å². The van der Waals surface area contributed by atoms with Crippen molar-refractivity contribution in [3.8, 4) is 0 Å². The highest BCUT2D eigenvalue weighted by Gasteiger charge is 2.48. The minimum absolute atomic E-state index is 0.0150. The summed E-state index contributed by atoms with van der Waals surface area (Å²) in [5.41, 5.74) is 0. The van der Waals surface area contributed by atoms with Crippen molar-refractivity contribution in [1.82, 2.24) is 0 Å². The van der Waals surface area contributed by atoms with Crippen LogP contribution in [0.3, 0.4) is 0 Å². The van der Waals surface area contributed by atoms with Gasteiger partial charge in [-0.15, -0.1) is 0 Å². The fourth-order valence-corrected chi connectivity index (χ4v) is 2.92. The minimum Gasteiger partial charge on any atom is -0.469 e. The molecule has 4 nitrogen and oxygen atoms in total. The van der Waals surface area contributed by atoms with Gasteiger partial charge in [-0.2, -0.15) is 0 Å². The van der Waals surface area contributed by atoms with E-state index in [-0.39, 0.29) is 29.8 Å². The van der Waals surface area contributed by atoms with Crippen LogP contribution < -0.4 is 0 Å². The molecule has 0 aromatic carbocycles. The maximum Gasteiger partial charge on any atom is 0.313 e. The second-order valence-electron chi connectivity index (χ2n) is 4.78. The molecule has 2 aliphatic rings. The Morgan fingerprint density at radius 1 is 1.18 bits per heavy atom. The van der Waals surface area contributed by atoms with E-state index in [0.717, 1.165) is 0 Å². The molecular formula is C13H16O4. The zero-order valence-corrected chi connectivity index (χ0v) is 10.0. The van der Waals surface area contributed by atoms with Gasteiger partial charge in [-0.1, -0.05) is 19.1 Å². The summed E-state index contributed by atoms with van der Waals surface area (Å²) in [4.78, 5) is 35.5. The molecule has 0 saturated heterocycles. The van der Waals surface area contributed by atoms with E-state index in [4.69, 9.17) is 4.74 Å². The molecule has 0 radical (unpaired) electrons. The monoisotopic (exact) mass is 236 g/mol. The zero-order chi connectivity index (χ0) is 12.6. The highest BCUT2D eigenvalue weighted by atomic mass is 16.5. The minimum atomic E-state index is -0.585. The number of hydrogen-bond acceptors (Lipinski definition) is 4. The van der Waals surface area contributed by atoms with Crippen molar-refractivity contribution in [3.63, 3.8) is 0 Å². The molecule has 92 valence electrons. The van der Waals surface area contributed by atoms with Gasteiger partial charge in [0.2, 0.25) is 0 Å². The summed E-state index contributed by atoms with van der Waals surface area (Å²) in [6.07, 6.45) is 4.13. The lowest BCUT2D eigenvalue weighted by Crippen LogP contribution is -2.46. The van der Waals surface area contributed by atoms with Crippen LogP contribution in [-0.2, 0) is 19.1 Å². The first kappa shape index (κ1) is 12.0. The highest BCUT2D eigenvalue weighted by molar-refractivity contribution is 5.99. The summed E-state index contributed by atoms with van der Waals surface area (Å²) in [5, 5.41) is 0. The number of Topliss-reactive ketones (excluding diaryl/α,β-unsaturated/α-hetero) is 2. The predicted octanol–water partition coefficient (Wildman–Crippen LogP) is 1.15. The van der Waals surface area contributed by atoms with Gasteiger partial charge in [0.1, 0.15) is 11.6 Å². The number of hydrogen-bond donors (Lipinski definition) is 0. The smallest absolute Gasteiger partial charge is 0.313 e. The summed E-state index contributed by atoms with van der Waals surface area (Å²) in [6.45, 7) is 1.91. The number of carbonyl (C=O) groups is 3. The van der Waals surface area contributed by atoms with Crippen LogP contribution in [0, 0.1) is 23.7 Å². The second kappa shape index (κ2) is 4.43. The Bertz CT molecular complexity index is 396. The molecular weight excluding hydrogens is 220 g/mol. The van der Waals surface area contributed by atoms with Crippen LogP contribution >= 0.6 is 0 Å². The third-order valence-electron chi connectivity index (χ3n) is 3.80. The van der Waals surface area contributed by atoms with Crippen molar-refractivity contribution in [1.29, 1.82) is 0 Å². The number of ether oxygens (including phenoxy) is 1. The van der Waals surface area contributed by atoms with Gasteiger partial charge in [0.25, 0.3) is 0 Å². The molecule has 1 fully saturated rings. The molecule has 0 bridgehead atoms. The number of rotatable bonds is 1. The average Bonchev–Trinajstić information content (AvgIpc) is 2.33. The van der Waals surface area contributed by atoms with Crippen molar-refractivity contribution >= 4 is 17.5 Å². The summed E-state index contributed by atoms with van der Waals surface area (Å²) in [7, 11) is 1.30. The van der Waals surface area contributed by atoms with Crippen LogP contribution in [0.1, 0.15) is 19.8 Å². The van der Waals surface area contributed by atoms with Crippen molar-refractivity contribution in [2.45, 2.75) is 19.8 Å². The number of allylic oxidation sites excluding steroid dienone is 1. The summed E-state index contributed by atoms with van der Waals surface area (Å²) < 4.78 is 4.70. The first-order valence-corrected chi connectivity index (χ1v) is 5.88. The Morgan fingerprint density at radius 2 is 1.76 bits per heavy atom. The summed E-state index contributed by atoms with van der Waals surface area (Å²) in [6, 6.07) is 0. The molecule has 2 aliphatic carbocycles. The molecule has 4 heteroatoms. The molecule has 0 amide bonds. The third-order valence-corrected chi connectivity index (χ3v) is 3.80. The van der Waals surface area contributed by atoms with E-state index in [2.05, 4.69) is 0 Å². The topological polar surface area (TPSA) is 60.4 Å². The van der Waals surface area contributed by atoms with E-state index in [9.17, 15) is 14.4 Å². The van der Waals surface area contributed by atoms with E-state index >= 15 is 0 Å². The highest BCUT2D eigenvalue weighted by Crippen LogP contribution is 2.40. The van der Waals surface area contributed by atoms with Gasteiger partial charge < -0.3 is 4.74 Å². The van der Waals surface area contributed by atoms with Crippen LogP contribution in [0.4, 0.5) is 0 Å². The molecule has 17 heavy (non-hydrogen) atoms. The van der Waals surface area contributed by atoms with E-state index in [1.807, 2.05) is 13.0 Å². The molecule has 0 N–H and O–H groups in total. The molecule has 0 aromatic heterocycles. The van der Waals surface area contributed by atoms with Gasteiger partial charge in [-0.05, 0) is 5.92 Å². The van der Waals surface area contributed by atoms with Gasteiger partial charge in [-0.3, -0.25) is 14.4 Å². The Kier molecular flexibility index (Phi) is 3.13. The average molecular weight is 236 g/mol. The Hall–Kier alpha value is -1.45. The summed E-state index contributed by atoms with van der Waals surface area (Å²) >= 11 is 0. The molecule has 0 aromatic rings. The van der Waals surface area contributed by atoms with Gasteiger partial charge >= 0.3 is 5.97 Å². The van der Waals surface area contributed by atoms with Crippen LogP contribution in [0.2, 0.25) is 0 Å². The van der Waals surface area contributed by atoms with Crippen molar-refractivity contribution in [2.75, 3.05) is 7.11 Å². The lowest BCUT2D eigenvalue weighted by Gasteiger charge is -2.38. The van der Waals surface area contributed by atoms with Crippen molar-refractivity contribution in [2.24, 2.45) is 23.7 Å².